The Morgan fingerprint density at radius 3 is 2.56 bits per heavy atom. The predicted molar refractivity (Wildman–Crippen MR) is 105 cm³/mol. The third-order valence-corrected chi connectivity index (χ3v) is 4.96. The summed E-state index contributed by atoms with van der Waals surface area (Å²) in [5, 5.41) is 1.08. The first-order valence-electron chi connectivity index (χ1n) is 9.09. The molecule has 138 valence electrons. The van der Waals surface area contributed by atoms with Gasteiger partial charge in [0.2, 0.25) is 0 Å². The first-order valence-corrected chi connectivity index (χ1v) is 9.09. The molecule has 0 saturated carbocycles. The number of rotatable bonds is 3. The number of hydrogen-bond donors (Lipinski definition) is 0. The van der Waals surface area contributed by atoms with Gasteiger partial charge in [-0.1, -0.05) is 24.3 Å². The molecule has 0 spiro atoms. The van der Waals surface area contributed by atoms with Gasteiger partial charge in [0.05, 0.1) is 26.0 Å². The number of nitrogens with zero attached hydrogens (tertiary/aromatic N) is 2. The van der Waals surface area contributed by atoms with E-state index < -0.39 is 0 Å². The van der Waals surface area contributed by atoms with Gasteiger partial charge in [0, 0.05) is 29.6 Å². The van der Waals surface area contributed by atoms with E-state index in [1.807, 2.05) is 47.4 Å². The van der Waals surface area contributed by atoms with Crippen molar-refractivity contribution in [2.75, 3.05) is 33.4 Å². The summed E-state index contributed by atoms with van der Waals surface area (Å²) in [4.78, 5) is 19.2. The Hall–Kier alpha value is -2.92. The number of fused-ring (bicyclic) bond motifs is 1. The first kappa shape index (κ1) is 17.5. The number of aryl methyl sites for hydroxylation is 1. The molecule has 1 aliphatic rings. The monoisotopic (exact) mass is 362 g/mol. The van der Waals surface area contributed by atoms with Crippen LogP contribution in [0.15, 0.2) is 48.5 Å². The highest BCUT2D eigenvalue weighted by atomic mass is 16.5. The van der Waals surface area contributed by atoms with Crippen molar-refractivity contribution in [3.8, 4) is 17.0 Å². The van der Waals surface area contributed by atoms with Crippen LogP contribution in [0.1, 0.15) is 15.9 Å². The molecule has 4 rings (SSSR count). The average Bonchev–Trinajstić information content (AvgIpc) is 2.73. The number of benzene rings is 2. The summed E-state index contributed by atoms with van der Waals surface area (Å²) < 4.78 is 10.8. The van der Waals surface area contributed by atoms with Crippen molar-refractivity contribution in [3.63, 3.8) is 0 Å². The number of para-hydroxylation sites is 1. The molecule has 1 saturated heterocycles. The number of carbonyl (C=O) groups excluding carboxylic acids is 1. The van der Waals surface area contributed by atoms with E-state index >= 15 is 0 Å². The normalized spacial score (nSPS) is 14.4. The minimum atomic E-state index is 0.0502. The van der Waals surface area contributed by atoms with Crippen LogP contribution in [-0.4, -0.2) is 49.2 Å². The van der Waals surface area contributed by atoms with Crippen LogP contribution in [0, 0.1) is 6.92 Å². The lowest BCUT2D eigenvalue weighted by Gasteiger charge is -2.26. The second-order valence-corrected chi connectivity index (χ2v) is 6.66. The smallest absolute Gasteiger partial charge is 0.254 e. The molecule has 5 heteroatoms. The third kappa shape index (κ3) is 3.38. The Balaban J connectivity index is 1.66. The number of pyridine rings is 1. The maximum absolute atomic E-state index is 12.6. The minimum absolute atomic E-state index is 0.0502. The summed E-state index contributed by atoms with van der Waals surface area (Å²) in [5.41, 5.74) is 4.53. The van der Waals surface area contributed by atoms with Crippen LogP contribution >= 0.6 is 0 Å². The van der Waals surface area contributed by atoms with Crippen LogP contribution in [0.4, 0.5) is 0 Å². The Bertz CT molecular complexity index is 977. The highest BCUT2D eigenvalue weighted by molar-refractivity contribution is 5.95. The van der Waals surface area contributed by atoms with E-state index in [9.17, 15) is 4.79 Å². The summed E-state index contributed by atoms with van der Waals surface area (Å²) in [7, 11) is 1.66. The molecule has 1 amide bonds. The van der Waals surface area contributed by atoms with Gasteiger partial charge in [-0.25, -0.2) is 4.98 Å². The van der Waals surface area contributed by atoms with E-state index in [1.165, 1.54) is 0 Å². The summed E-state index contributed by atoms with van der Waals surface area (Å²) in [5.74, 6) is 0.811. The molecule has 1 aliphatic heterocycles. The fourth-order valence-electron chi connectivity index (χ4n) is 3.44. The van der Waals surface area contributed by atoms with Gasteiger partial charge in [-0.05, 0) is 36.8 Å². The van der Waals surface area contributed by atoms with E-state index in [2.05, 4.69) is 13.0 Å². The molecule has 0 aliphatic carbocycles. The van der Waals surface area contributed by atoms with Crippen molar-refractivity contribution in [1.82, 2.24) is 9.88 Å². The number of ether oxygens (including phenoxy) is 2. The van der Waals surface area contributed by atoms with Crippen LogP contribution in [0.3, 0.4) is 0 Å². The topological polar surface area (TPSA) is 51.7 Å². The SMILES string of the molecule is COc1cccc2c(C)cc(-c3ccc(C(=O)N4CCOCC4)cc3)nc12. The van der Waals surface area contributed by atoms with Gasteiger partial charge in [-0.15, -0.1) is 0 Å². The second kappa shape index (κ2) is 7.37. The molecular formula is C22H22N2O3. The predicted octanol–water partition coefficient (Wildman–Crippen LogP) is 3.69. The molecule has 0 unspecified atom stereocenters. The lowest BCUT2D eigenvalue weighted by atomic mass is 10.0. The number of amides is 1. The molecule has 0 atom stereocenters. The highest BCUT2D eigenvalue weighted by Gasteiger charge is 2.18. The zero-order valence-corrected chi connectivity index (χ0v) is 15.6. The Morgan fingerprint density at radius 2 is 1.85 bits per heavy atom. The van der Waals surface area contributed by atoms with E-state index in [-0.39, 0.29) is 5.91 Å². The maximum atomic E-state index is 12.6. The lowest BCUT2D eigenvalue weighted by molar-refractivity contribution is 0.0303. The molecule has 5 nitrogen and oxygen atoms in total. The summed E-state index contributed by atoms with van der Waals surface area (Å²) in [6, 6.07) is 15.7. The maximum Gasteiger partial charge on any atom is 0.254 e. The number of methoxy groups -OCH3 is 1. The van der Waals surface area contributed by atoms with E-state index in [0.717, 1.165) is 33.5 Å². The van der Waals surface area contributed by atoms with Crippen LogP contribution in [0.25, 0.3) is 22.2 Å². The van der Waals surface area contributed by atoms with Gasteiger partial charge >= 0.3 is 0 Å². The Kier molecular flexibility index (Phi) is 4.77. The van der Waals surface area contributed by atoms with Gasteiger partial charge in [0.15, 0.2) is 0 Å². The van der Waals surface area contributed by atoms with E-state index in [0.29, 0.717) is 31.9 Å². The molecule has 3 aromatic rings. The molecule has 1 fully saturated rings. The van der Waals surface area contributed by atoms with Crippen LogP contribution in [0.2, 0.25) is 0 Å². The van der Waals surface area contributed by atoms with Crippen molar-refractivity contribution >= 4 is 16.8 Å². The number of aromatic nitrogens is 1. The van der Waals surface area contributed by atoms with Gasteiger partial charge in [-0.2, -0.15) is 0 Å². The van der Waals surface area contributed by atoms with Gasteiger partial charge in [0.1, 0.15) is 11.3 Å². The largest absolute Gasteiger partial charge is 0.494 e. The zero-order chi connectivity index (χ0) is 18.8. The van der Waals surface area contributed by atoms with Gasteiger partial charge in [0.25, 0.3) is 5.91 Å². The fraction of sp³-hybridized carbons (Fsp3) is 0.273. The third-order valence-electron chi connectivity index (χ3n) is 4.96. The molecule has 0 bridgehead atoms. The summed E-state index contributed by atoms with van der Waals surface area (Å²) in [6.07, 6.45) is 0. The zero-order valence-electron chi connectivity index (χ0n) is 15.6. The van der Waals surface area contributed by atoms with E-state index in [1.54, 1.807) is 7.11 Å². The molecule has 27 heavy (non-hydrogen) atoms. The van der Waals surface area contributed by atoms with Crippen LogP contribution in [-0.2, 0) is 4.74 Å². The summed E-state index contributed by atoms with van der Waals surface area (Å²) in [6.45, 7) is 4.57. The molecule has 1 aromatic heterocycles. The number of morpholine rings is 1. The standard InChI is InChI=1S/C22H22N2O3/c1-15-14-19(23-21-18(15)4-3-5-20(21)26-2)16-6-8-17(9-7-16)22(25)24-10-12-27-13-11-24/h3-9,14H,10-13H2,1-2H3. The number of carbonyl (C=O) groups is 1. The molecule has 2 heterocycles. The van der Waals surface area contributed by atoms with E-state index in [4.69, 9.17) is 14.5 Å². The van der Waals surface area contributed by atoms with Crippen LogP contribution < -0.4 is 4.74 Å². The fourth-order valence-corrected chi connectivity index (χ4v) is 3.44. The molecule has 0 N–H and O–H groups in total. The van der Waals surface area contributed by atoms with Crippen molar-refractivity contribution in [2.45, 2.75) is 6.92 Å². The van der Waals surface area contributed by atoms with Gasteiger partial charge < -0.3 is 14.4 Å². The highest BCUT2D eigenvalue weighted by Crippen LogP contribution is 2.30. The summed E-state index contributed by atoms with van der Waals surface area (Å²) >= 11 is 0. The Labute approximate surface area is 158 Å². The van der Waals surface area contributed by atoms with Crippen molar-refractivity contribution < 1.29 is 14.3 Å². The van der Waals surface area contributed by atoms with Crippen molar-refractivity contribution in [1.29, 1.82) is 0 Å². The quantitative estimate of drug-likeness (QED) is 0.713. The van der Waals surface area contributed by atoms with Crippen molar-refractivity contribution in [2.24, 2.45) is 0 Å². The van der Waals surface area contributed by atoms with Crippen LogP contribution in [0.5, 0.6) is 5.75 Å². The second-order valence-electron chi connectivity index (χ2n) is 6.66. The molecular weight excluding hydrogens is 340 g/mol. The molecule has 2 aromatic carbocycles. The van der Waals surface area contributed by atoms with Crippen molar-refractivity contribution in [3.05, 3.63) is 59.7 Å². The lowest BCUT2D eigenvalue weighted by Crippen LogP contribution is -2.40. The average molecular weight is 362 g/mol. The number of hydrogen-bond acceptors (Lipinski definition) is 4. The van der Waals surface area contributed by atoms with Gasteiger partial charge in [-0.3, -0.25) is 4.79 Å². The minimum Gasteiger partial charge on any atom is -0.494 e. The Morgan fingerprint density at radius 1 is 1.11 bits per heavy atom. The first-order chi connectivity index (χ1) is 13.2. The molecule has 0 radical (unpaired) electrons.